The van der Waals surface area contributed by atoms with Gasteiger partial charge in [0.2, 0.25) is 0 Å². The van der Waals surface area contributed by atoms with Crippen molar-refractivity contribution < 1.29 is 4.74 Å². The lowest BCUT2D eigenvalue weighted by molar-refractivity contribution is 0.414. The first kappa shape index (κ1) is 13.9. The van der Waals surface area contributed by atoms with E-state index in [0.29, 0.717) is 0 Å². The van der Waals surface area contributed by atoms with Crippen LogP contribution in [0.25, 0.3) is 5.57 Å². The van der Waals surface area contributed by atoms with Crippen LogP contribution in [0.2, 0.25) is 0 Å². The summed E-state index contributed by atoms with van der Waals surface area (Å²) in [5.74, 6) is 0.881. The van der Waals surface area contributed by atoms with Crippen molar-refractivity contribution in [3.63, 3.8) is 0 Å². The highest BCUT2D eigenvalue weighted by atomic mass is 79.9. The van der Waals surface area contributed by atoms with E-state index in [4.69, 9.17) is 4.74 Å². The fourth-order valence-electron chi connectivity index (χ4n) is 2.13. The average Bonchev–Trinajstić information content (AvgIpc) is 2.46. The minimum atomic E-state index is 0.827. The molecule has 0 bridgehead atoms. The molecular formula is C17H17BrO. The van der Waals surface area contributed by atoms with Gasteiger partial charge in [-0.15, -0.1) is 0 Å². The summed E-state index contributed by atoms with van der Waals surface area (Å²) in [7, 11) is 1.70. The molecule has 0 amide bonds. The molecule has 0 unspecified atom stereocenters. The highest BCUT2D eigenvalue weighted by Gasteiger charge is 2.07. The molecular weight excluding hydrogens is 300 g/mol. The molecule has 0 fully saturated rings. The zero-order valence-corrected chi connectivity index (χ0v) is 12.8. The van der Waals surface area contributed by atoms with E-state index in [2.05, 4.69) is 65.3 Å². The molecule has 0 heterocycles. The molecule has 19 heavy (non-hydrogen) atoms. The lowest BCUT2D eigenvalue weighted by atomic mass is 9.94. The molecule has 2 aromatic rings. The minimum Gasteiger partial charge on any atom is -0.497 e. The second-order valence-corrected chi connectivity index (χ2v) is 4.97. The standard InChI is InChI=1S/C17H17BrO/c1-13-6-3-4-9-16(13)17(10-11-18)14-7-5-8-15(12-14)19-2/h3-10,12H,11H2,1-2H3/b17-10-. The average molecular weight is 317 g/mol. The maximum Gasteiger partial charge on any atom is 0.119 e. The number of benzene rings is 2. The van der Waals surface area contributed by atoms with Crippen LogP contribution in [0.3, 0.4) is 0 Å². The van der Waals surface area contributed by atoms with E-state index < -0.39 is 0 Å². The summed E-state index contributed by atoms with van der Waals surface area (Å²) in [6, 6.07) is 16.6. The van der Waals surface area contributed by atoms with Crippen LogP contribution in [0.1, 0.15) is 16.7 Å². The number of halogens is 1. The predicted molar refractivity (Wildman–Crippen MR) is 85.0 cm³/mol. The van der Waals surface area contributed by atoms with Crippen molar-refractivity contribution in [2.45, 2.75) is 6.92 Å². The molecule has 0 aliphatic heterocycles. The van der Waals surface area contributed by atoms with E-state index in [9.17, 15) is 0 Å². The Morgan fingerprint density at radius 2 is 1.95 bits per heavy atom. The van der Waals surface area contributed by atoms with Crippen LogP contribution in [0.15, 0.2) is 54.6 Å². The molecule has 0 aromatic heterocycles. The first-order chi connectivity index (χ1) is 9.26. The number of hydrogen-bond acceptors (Lipinski definition) is 1. The highest BCUT2D eigenvalue weighted by molar-refractivity contribution is 9.09. The Kier molecular flexibility index (Phi) is 4.80. The monoisotopic (exact) mass is 316 g/mol. The highest BCUT2D eigenvalue weighted by Crippen LogP contribution is 2.28. The molecule has 2 rings (SSSR count). The Morgan fingerprint density at radius 1 is 1.16 bits per heavy atom. The third kappa shape index (κ3) is 3.27. The van der Waals surface area contributed by atoms with E-state index in [0.717, 1.165) is 11.1 Å². The van der Waals surface area contributed by atoms with E-state index in [1.54, 1.807) is 7.11 Å². The first-order valence-corrected chi connectivity index (χ1v) is 7.35. The molecule has 0 radical (unpaired) electrons. The van der Waals surface area contributed by atoms with Crippen LogP contribution in [-0.4, -0.2) is 12.4 Å². The van der Waals surface area contributed by atoms with Crippen molar-refractivity contribution in [3.05, 3.63) is 71.3 Å². The Balaban J connectivity index is 2.52. The third-order valence-corrected chi connectivity index (χ3v) is 3.42. The number of alkyl halides is 1. The molecule has 2 aromatic carbocycles. The van der Waals surface area contributed by atoms with Crippen LogP contribution >= 0.6 is 15.9 Å². The molecule has 1 nitrogen and oxygen atoms in total. The Labute approximate surface area is 123 Å². The van der Waals surface area contributed by atoms with Crippen LogP contribution in [0, 0.1) is 6.92 Å². The molecule has 0 aliphatic carbocycles. The van der Waals surface area contributed by atoms with Crippen molar-refractivity contribution in [1.29, 1.82) is 0 Å². The molecule has 0 spiro atoms. The number of ether oxygens (including phenoxy) is 1. The summed E-state index contributed by atoms with van der Waals surface area (Å²) in [5.41, 5.74) is 4.94. The topological polar surface area (TPSA) is 9.23 Å². The molecule has 0 atom stereocenters. The van der Waals surface area contributed by atoms with Crippen LogP contribution in [-0.2, 0) is 0 Å². The number of hydrogen-bond donors (Lipinski definition) is 0. The van der Waals surface area contributed by atoms with E-state index in [1.165, 1.54) is 22.3 Å². The molecule has 0 aliphatic rings. The van der Waals surface area contributed by atoms with Crippen LogP contribution < -0.4 is 4.74 Å². The minimum absolute atomic E-state index is 0.827. The number of rotatable bonds is 4. The Hall–Kier alpha value is -1.54. The molecule has 2 heteroatoms. The molecule has 98 valence electrons. The summed E-state index contributed by atoms with van der Waals surface area (Å²) < 4.78 is 5.31. The van der Waals surface area contributed by atoms with Gasteiger partial charge in [0, 0.05) is 5.33 Å². The predicted octanol–water partition coefficient (Wildman–Crippen LogP) is 4.83. The van der Waals surface area contributed by atoms with Gasteiger partial charge in [-0.1, -0.05) is 58.4 Å². The van der Waals surface area contributed by atoms with Gasteiger partial charge in [0.25, 0.3) is 0 Å². The largest absolute Gasteiger partial charge is 0.497 e. The first-order valence-electron chi connectivity index (χ1n) is 6.23. The van der Waals surface area contributed by atoms with Gasteiger partial charge in [-0.25, -0.2) is 0 Å². The smallest absolute Gasteiger partial charge is 0.119 e. The second kappa shape index (κ2) is 6.58. The van der Waals surface area contributed by atoms with Crippen molar-refractivity contribution in [1.82, 2.24) is 0 Å². The number of allylic oxidation sites excluding steroid dienone is 1. The lowest BCUT2D eigenvalue weighted by Crippen LogP contribution is -1.93. The Bertz CT molecular complexity index is 587. The van der Waals surface area contributed by atoms with Crippen molar-refractivity contribution in [3.8, 4) is 5.75 Å². The fraction of sp³-hybridized carbons (Fsp3) is 0.176. The van der Waals surface area contributed by atoms with E-state index in [-0.39, 0.29) is 0 Å². The number of methoxy groups -OCH3 is 1. The summed E-state index contributed by atoms with van der Waals surface area (Å²) in [6.07, 6.45) is 2.19. The van der Waals surface area contributed by atoms with Gasteiger partial charge in [0.05, 0.1) is 7.11 Å². The summed E-state index contributed by atoms with van der Waals surface area (Å²) in [6.45, 7) is 2.14. The van der Waals surface area contributed by atoms with Crippen molar-refractivity contribution >= 4 is 21.5 Å². The quantitative estimate of drug-likeness (QED) is 0.734. The SMILES string of the molecule is COc1cccc(/C(=C/CBr)c2ccccc2C)c1. The summed E-state index contributed by atoms with van der Waals surface area (Å²) >= 11 is 3.50. The van der Waals surface area contributed by atoms with Crippen molar-refractivity contribution in [2.75, 3.05) is 12.4 Å². The maximum absolute atomic E-state index is 5.31. The van der Waals surface area contributed by atoms with E-state index >= 15 is 0 Å². The van der Waals surface area contributed by atoms with Crippen LogP contribution in [0.4, 0.5) is 0 Å². The zero-order chi connectivity index (χ0) is 13.7. The summed E-state index contributed by atoms with van der Waals surface area (Å²) in [4.78, 5) is 0. The second-order valence-electron chi connectivity index (χ2n) is 4.32. The lowest BCUT2D eigenvalue weighted by Gasteiger charge is -2.12. The van der Waals surface area contributed by atoms with Gasteiger partial charge in [-0.2, -0.15) is 0 Å². The molecule has 0 N–H and O–H groups in total. The van der Waals surface area contributed by atoms with Crippen molar-refractivity contribution in [2.24, 2.45) is 0 Å². The van der Waals surface area contributed by atoms with E-state index in [1.807, 2.05) is 12.1 Å². The fourth-order valence-corrected chi connectivity index (χ4v) is 2.45. The normalized spacial score (nSPS) is 11.4. The van der Waals surface area contributed by atoms with Gasteiger partial charge in [0.15, 0.2) is 0 Å². The van der Waals surface area contributed by atoms with Gasteiger partial charge in [0.1, 0.15) is 5.75 Å². The molecule has 0 saturated heterocycles. The number of aryl methyl sites for hydroxylation is 1. The van der Waals surface area contributed by atoms with Gasteiger partial charge in [-0.3, -0.25) is 0 Å². The third-order valence-electron chi connectivity index (χ3n) is 3.10. The van der Waals surface area contributed by atoms with Crippen LogP contribution in [0.5, 0.6) is 5.75 Å². The Morgan fingerprint density at radius 3 is 2.63 bits per heavy atom. The van der Waals surface area contributed by atoms with Gasteiger partial charge < -0.3 is 4.74 Å². The zero-order valence-electron chi connectivity index (χ0n) is 11.2. The summed E-state index contributed by atoms with van der Waals surface area (Å²) in [5, 5.41) is 0.827. The van der Waals surface area contributed by atoms with Gasteiger partial charge >= 0.3 is 0 Å². The van der Waals surface area contributed by atoms with Gasteiger partial charge in [-0.05, 0) is 41.3 Å². The molecule has 0 saturated carbocycles. The maximum atomic E-state index is 5.31.